The lowest BCUT2D eigenvalue weighted by molar-refractivity contribution is -0.114. The van der Waals surface area contributed by atoms with Crippen LogP contribution in [0.2, 0.25) is 5.02 Å². The van der Waals surface area contributed by atoms with Gasteiger partial charge >= 0.3 is 11.2 Å². The molecule has 1 aromatic heterocycles. The van der Waals surface area contributed by atoms with Crippen LogP contribution in [0.3, 0.4) is 0 Å². The van der Waals surface area contributed by atoms with Crippen LogP contribution in [0, 0.1) is 5.82 Å². The molecule has 0 aliphatic rings. The van der Waals surface area contributed by atoms with Crippen LogP contribution in [-0.2, 0) is 11.3 Å². The molecule has 0 atom stereocenters. The molecular formula is C19H16ClFN4O4. The average molecular weight is 419 g/mol. The standard InChI is InChI=1S/C19H16ClFN4O4/c1-11(26)22-13-4-3-5-14(9-13)25-19(28)24(18(27)17(23-25)29-2)10-12-6-7-15(20)16(21)8-12/h3-9H,10H2,1-2H3,(H,22,26). The number of aromatic nitrogens is 3. The van der Waals surface area contributed by atoms with E-state index in [1.165, 1.54) is 32.2 Å². The van der Waals surface area contributed by atoms with E-state index in [2.05, 4.69) is 10.4 Å². The molecule has 1 N–H and O–H groups in total. The number of anilines is 1. The fourth-order valence-corrected chi connectivity index (χ4v) is 2.79. The predicted octanol–water partition coefficient (Wildman–Crippen LogP) is 2.20. The number of benzene rings is 2. The van der Waals surface area contributed by atoms with E-state index in [9.17, 15) is 18.8 Å². The molecule has 1 amide bonds. The highest BCUT2D eigenvalue weighted by Crippen LogP contribution is 2.16. The maximum Gasteiger partial charge on any atom is 0.352 e. The summed E-state index contributed by atoms with van der Waals surface area (Å²) in [7, 11) is 1.25. The lowest BCUT2D eigenvalue weighted by Gasteiger charge is -2.12. The zero-order valence-corrected chi connectivity index (χ0v) is 16.2. The van der Waals surface area contributed by atoms with Gasteiger partial charge in [0.15, 0.2) is 0 Å². The van der Waals surface area contributed by atoms with E-state index in [0.29, 0.717) is 16.9 Å². The Hall–Kier alpha value is -3.46. The van der Waals surface area contributed by atoms with Crippen molar-refractivity contribution in [2.45, 2.75) is 13.5 Å². The molecule has 3 rings (SSSR count). The SMILES string of the molecule is COc1nn(-c2cccc(NC(C)=O)c2)c(=O)n(Cc2ccc(Cl)c(F)c2)c1=O. The molecule has 0 radical (unpaired) electrons. The van der Waals surface area contributed by atoms with E-state index in [0.717, 1.165) is 15.3 Å². The minimum absolute atomic E-state index is 0.0689. The van der Waals surface area contributed by atoms with Gasteiger partial charge in [0, 0.05) is 12.6 Å². The molecule has 0 saturated carbocycles. The summed E-state index contributed by atoms with van der Waals surface area (Å²) in [5.74, 6) is -1.26. The molecule has 0 fully saturated rings. The lowest BCUT2D eigenvalue weighted by atomic mass is 10.2. The molecular weight excluding hydrogens is 403 g/mol. The number of hydrogen-bond acceptors (Lipinski definition) is 5. The molecule has 0 aliphatic heterocycles. The Kier molecular flexibility index (Phi) is 5.79. The van der Waals surface area contributed by atoms with Crippen molar-refractivity contribution >= 4 is 23.2 Å². The van der Waals surface area contributed by atoms with Gasteiger partial charge in [-0.1, -0.05) is 23.7 Å². The third-order valence-electron chi connectivity index (χ3n) is 3.96. The Morgan fingerprint density at radius 2 is 2.00 bits per heavy atom. The normalized spacial score (nSPS) is 10.6. The predicted molar refractivity (Wildman–Crippen MR) is 105 cm³/mol. The number of nitrogens with one attached hydrogen (secondary N) is 1. The van der Waals surface area contributed by atoms with Crippen LogP contribution in [0.1, 0.15) is 12.5 Å². The van der Waals surface area contributed by atoms with Gasteiger partial charge in [-0.05, 0) is 35.9 Å². The summed E-state index contributed by atoms with van der Waals surface area (Å²) >= 11 is 5.68. The smallest absolute Gasteiger partial charge is 0.352 e. The average Bonchev–Trinajstić information content (AvgIpc) is 2.68. The quantitative estimate of drug-likeness (QED) is 0.685. The first-order valence-electron chi connectivity index (χ1n) is 8.40. The molecule has 150 valence electrons. The summed E-state index contributed by atoms with van der Waals surface area (Å²) in [6.07, 6.45) is 0. The Morgan fingerprint density at radius 1 is 1.24 bits per heavy atom. The van der Waals surface area contributed by atoms with Crippen molar-refractivity contribution in [2.75, 3.05) is 12.4 Å². The van der Waals surface area contributed by atoms with Crippen LogP contribution in [0.25, 0.3) is 5.69 Å². The second-order valence-electron chi connectivity index (χ2n) is 6.07. The largest absolute Gasteiger partial charge is 0.476 e. The second kappa shape index (κ2) is 8.27. The number of carbonyl (C=O) groups excluding carboxylic acids is 1. The van der Waals surface area contributed by atoms with Gasteiger partial charge < -0.3 is 10.1 Å². The summed E-state index contributed by atoms with van der Waals surface area (Å²) in [6.45, 7) is 1.14. The van der Waals surface area contributed by atoms with Gasteiger partial charge in [0.2, 0.25) is 5.91 Å². The topological polar surface area (TPSA) is 95.2 Å². The Labute approximate surface area is 169 Å². The van der Waals surface area contributed by atoms with E-state index >= 15 is 0 Å². The highest BCUT2D eigenvalue weighted by atomic mass is 35.5. The molecule has 2 aromatic carbocycles. The molecule has 10 heteroatoms. The van der Waals surface area contributed by atoms with Gasteiger partial charge in [0.25, 0.3) is 5.88 Å². The second-order valence-corrected chi connectivity index (χ2v) is 6.48. The highest BCUT2D eigenvalue weighted by Gasteiger charge is 2.16. The van der Waals surface area contributed by atoms with Gasteiger partial charge in [-0.2, -0.15) is 4.68 Å². The zero-order chi connectivity index (χ0) is 21.1. The van der Waals surface area contributed by atoms with E-state index in [1.807, 2.05) is 0 Å². The molecule has 0 saturated heterocycles. The third-order valence-corrected chi connectivity index (χ3v) is 4.27. The van der Waals surface area contributed by atoms with Crippen LogP contribution < -0.4 is 21.3 Å². The number of amides is 1. The summed E-state index contributed by atoms with van der Waals surface area (Å²) in [6, 6.07) is 10.3. The number of nitrogens with zero attached hydrogens (tertiary/aromatic N) is 3. The van der Waals surface area contributed by atoms with Gasteiger partial charge in [-0.25, -0.2) is 13.8 Å². The third kappa shape index (κ3) is 4.35. The number of carbonyl (C=O) groups is 1. The Bertz CT molecular complexity index is 1210. The van der Waals surface area contributed by atoms with Crippen molar-refractivity contribution in [3.05, 3.63) is 79.7 Å². The first-order chi connectivity index (χ1) is 13.8. The maximum absolute atomic E-state index is 13.7. The van der Waals surface area contributed by atoms with Crippen molar-refractivity contribution in [2.24, 2.45) is 0 Å². The number of halogens is 2. The van der Waals surface area contributed by atoms with Gasteiger partial charge in [-0.15, -0.1) is 5.10 Å². The lowest BCUT2D eigenvalue weighted by Crippen LogP contribution is -2.41. The fraction of sp³-hybridized carbons (Fsp3) is 0.158. The molecule has 0 aliphatic carbocycles. The number of ether oxygens (including phenoxy) is 1. The van der Waals surface area contributed by atoms with Crippen LogP contribution in [-0.4, -0.2) is 27.4 Å². The molecule has 3 aromatic rings. The minimum Gasteiger partial charge on any atom is -0.476 e. The number of hydrogen-bond donors (Lipinski definition) is 1. The van der Waals surface area contributed by atoms with Crippen molar-refractivity contribution < 1.29 is 13.9 Å². The number of rotatable bonds is 5. The first-order valence-corrected chi connectivity index (χ1v) is 8.78. The molecule has 0 spiro atoms. The fourth-order valence-electron chi connectivity index (χ4n) is 2.67. The van der Waals surface area contributed by atoms with Crippen LogP contribution in [0.4, 0.5) is 10.1 Å². The Balaban J connectivity index is 2.14. The van der Waals surface area contributed by atoms with Crippen LogP contribution >= 0.6 is 11.6 Å². The van der Waals surface area contributed by atoms with E-state index in [-0.39, 0.29) is 23.4 Å². The van der Waals surface area contributed by atoms with Crippen LogP contribution in [0.15, 0.2) is 52.1 Å². The summed E-state index contributed by atoms with van der Waals surface area (Å²) in [5.41, 5.74) is -0.415. The van der Waals surface area contributed by atoms with Gasteiger partial charge in [-0.3, -0.25) is 9.59 Å². The van der Waals surface area contributed by atoms with Crippen molar-refractivity contribution in [3.8, 4) is 11.6 Å². The molecule has 0 unspecified atom stereocenters. The Morgan fingerprint density at radius 3 is 2.66 bits per heavy atom. The molecule has 0 bridgehead atoms. The van der Waals surface area contributed by atoms with Gasteiger partial charge in [0.05, 0.1) is 24.4 Å². The van der Waals surface area contributed by atoms with E-state index in [4.69, 9.17) is 16.3 Å². The highest BCUT2D eigenvalue weighted by molar-refractivity contribution is 6.30. The summed E-state index contributed by atoms with van der Waals surface area (Å²) < 4.78 is 20.6. The van der Waals surface area contributed by atoms with E-state index in [1.54, 1.807) is 18.2 Å². The zero-order valence-electron chi connectivity index (χ0n) is 15.5. The minimum atomic E-state index is -0.762. The van der Waals surface area contributed by atoms with Crippen molar-refractivity contribution in [1.29, 1.82) is 0 Å². The van der Waals surface area contributed by atoms with Crippen molar-refractivity contribution in [1.82, 2.24) is 14.3 Å². The summed E-state index contributed by atoms with van der Waals surface area (Å²) in [5, 5.41) is 6.49. The molecule has 29 heavy (non-hydrogen) atoms. The molecule has 1 heterocycles. The summed E-state index contributed by atoms with van der Waals surface area (Å²) in [4.78, 5) is 36.8. The maximum atomic E-state index is 13.7. The monoisotopic (exact) mass is 418 g/mol. The van der Waals surface area contributed by atoms with Crippen LogP contribution in [0.5, 0.6) is 5.88 Å². The van der Waals surface area contributed by atoms with Crippen molar-refractivity contribution in [3.63, 3.8) is 0 Å². The van der Waals surface area contributed by atoms with Gasteiger partial charge in [0.1, 0.15) is 5.82 Å². The number of methoxy groups -OCH3 is 1. The first kappa shape index (κ1) is 20.3. The van der Waals surface area contributed by atoms with E-state index < -0.39 is 17.1 Å². The molecule has 8 nitrogen and oxygen atoms in total.